The predicted octanol–water partition coefficient (Wildman–Crippen LogP) is 1.74. The Balaban J connectivity index is 1.68. The molecule has 2 aromatic carbocycles. The number of hydrogen-bond donors (Lipinski definition) is 3. The number of nitrogens with one attached hydrogen (secondary N) is 3. The average molecular weight is 397 g/mol. The molecule has 144 valence electrons. The monoisotopic (exact) mass is 397 g/mol. The van der Waals surface area contributed by atoms with E-state index in [4.69, 9.17) is 6.42 Å². The van der Waals surface area contributed by atoms with Gasteiger partial charge in [-0.15, -0.1) is 6.42 Å². The molecule has 28 heavy (non-hydrogen) atoms. The van der Waals surface area contributed by atoms with Crippen LogP contribution in [0.4, 0.5) is 5.69 Å². The van der Waals surface area contributed by atoms with Gasteiger partial charge in [0.2, 0.25) is 10.0 Å². The third-order valence-electron chi connectivity index (χ3n) is 4.09. The molecule has 8 heteroatoms. The molecule has 0 radical (unpaired) electrons. The lowest BCUT2D eigenvalue weighted by molar-refractivity contribution is 0.0949. The van der Waals surface area contributed by atoms with E-state index < -0.39 is 15.9 Å². The van der Waals surface area contributed by atoms with Crippen molar-refractivity contribution in [3.8, 4) is 12.3 Å². The molecule has 0 aromatic heterocycles. The van der Waals surface area contributed by atoms with Crippen molar-refractivity contribution >= 4 is 27.5 Å². The molecule has 1 aliphatic rings. The number of rotatable bonds is 7. The van der Waals surface area contributed by atoms with Crippen LogP contribution in [0, 0.1) is 12.3 Å². The summed E-state index contributed by atoms with van der Waals surface area (Å²) < 4.78 is 26.2. The lowest BCUT2D eigenvalue weighted by Crippen LogP contribution is -2.25. The van der Waals surface area contributed by atoms with E-state index in [-0.39, 0.29) is 29.0 Å². The van der Waals surface area contributed by atoms with E-state index >= 15 is 0 Å². The molecule has 0 bridgehead atoms. The first-order valence-corrected chi connectivity index (χ1v) is 10.1. The van der Waals surface area contributed by atoms with E-state index in [1.54, 1.807) is 24.3 Å². The van der Waals surface area contributed by atoms with Crippen LogP contribution in [-0.2, 0) is 10.0 Å². The largest absolute Gasteiger partial charge is 0.349 e. The number of sulfonamides is 1. The summed E-state index contributed by atoms with van der Waals surface area (Å²) >= 11 is 0. The van der Waals surface area contributed by atoms with Gasteiger partial charge in [0.1, 0.15) is 0 Å². The number of amides is 2. The van der Waals surface area contributed by atoms with Crippen LogP contribution in [0.15, 0.2) is 53.4 Å². The molecule has 0 heterocycles. The Hall–Kier alpha value is -3.15. The average Bonchev–Trinajstić information content (AvgIpc) is 3.50. The number of carbonyl (C=O) groups is 2. The first kappa shape index (κ1) is 19.6. The normalized spacial score (nSPS) is 13.4. The minimum atomic E-state index is -3.71. The molecule has 0 unspecified atom stereocenters. The lowest BCUT2D eigenvalue weighted by Gasteiger charge is -2.09. The smallest absolute Gasteiger partial charge is 0.255 e. The molecule has 1 fully saturated rings. The molecule has 2 aromatic rings. The fraction of sp³-hybridized carbons (Fsp3) is 0.200. The molecule has 3 N–H and O–H groups in total. The van der Waals surface area contributed by atoms with Crippen molar-refractivity contribution in [1.29, 1.82) is 0 Å². The van der Waals surface area contributed by atoms with E-state index in [1.807, 2.05) is 0 Å². The number of terminal acetylenes is 1. The van der Waals surface area contributed by atoms with Crippen LogP contribution < -0.4 is 15.4 Å². The highest BCUT2D eigenvalue weighted by atomic mass is 32.2. The Labute approximate surface area is 163 Å². The van der Waals surface area contributed by atoms with E-state index in [1.165, 1.54) is 24.3 Å². The van der Waals surface area contributed by atoms with Gasteiger partial charge in [-0.25, -0.2) is 8.42 Å². The minimum absolute atomic E-state index is 0.0121. The van der Waals surface area contributed by atoms with E-state index in [0.29, 0.717) is 11.3 Å². The Morgan fingerprint density at radius 1 is 1.04 bits per heavy atom. The molecule has 0 spiro atoms. The Kier molecular flexibility index (Phi) is 5.78. The summed E-state index contributed by atoms with van der Waals surface area (Å²) in [6, 6.07) is 12.3. The van der Waals surface area contributed by atoms with Gasteiger partial charge in [-0.2, -0.15) is 4.72 Å². The molecule has 2 amide bonds. The van der Waals surface area contributed by atoms with Crippen LogP contribution in [0.5, 0.6) is 0 Å². The molecule has 1 saturated carbocycles. The number of anilines is 1. The first-order chi connectivity index (χ1) is 13.4. The van der Waals surface area contributed by atoms with Gasteiger partial charge in [0.25, 0.3) is 11.8 Å². The van der Waals surface area contributed by atoms with Crippen molar-refractivity contribution in [2.45, 2.75) is 23.8 Å². The predicted molar refractivity (Wildman–Crippen MR) is 105 cm³/mol. The van der Waals surface area contributed by atoms with Gasteiger partial charge in [-0.1, -0.05) is 12.0 Å². The summed E-state index contributed by atoms with van der Waals surface area (Å²) in [6.45, 7) is -0.116. The van der Waals surface area contributed by atoms with Crippen LogP contribution >= 0.6 is 0 Å². The Bertz CT molecular complexity index is 1040. The van der Waals surface area contributed by atoms with Crippen LogP contribution in [0.3, 0.4) is 0 Å². The second-order valence-electron chi connectivity index (χ2n) is 6.34. The summed E-state index contributed by atoms with van der Waals surface area (Å²) in [5, 5.41) is 5.59. The second kappa shape index (κ2) is 8.25. The molecule has 3 rings (SSSR count). The molecule has 7 nitrogen and oxygen atoms in total. The number of hydrogen-bond acceptors (Lipinski definition) is 4. The van der Waals surface area contributed by atoms with Gasteiger partial charge < -0.3 is 10.6 Å². The zero-order valence-electron chi connectivity index (χ0n) is 14.9. The zero-order valence-corrected chi connectivity index (χ0v) is 15.8. The zero-order chi connectivity index (χ0) is 20.1. The number of benzene rings is 2. The summed E-state index contributed by atoms with van der Waals surface area (Å²) in [5.74, 6) is 1.60. The summed E-state index contributed by atoms with van der Waals surface area (Å²) in [6.07, 6.45) is 7.04. The molecular formula is C20H19N3O4S. The van der Waals surface area contributed by atoms with Crippen molar-refractivity contribution in [3.05, 3.63) is 59.7 Å². The third-order valence-corrected chi connectivity index (χ3v) is 5.50. The molecular weight excluding hydrogens is 378 g/mol. The van der Waals surface area contributed by atoms with Crippen LogP contribution in [0.1, 0.15) is 33.6 Å². The SMILES string of the molecule is C#CCNS(=O)(=O)c1ccc(C(=O)Nc2cccc(C(=O)NC3CC3)c2)cc1. The lowest BCUT2D eigenvalue weighted by atomic mass is 10.1. The highest BCUT2D eigenvalue weighted by Crippen LogP contribution is 2.20. The summed E-state index contributed by atoms with van der Waals surface area (Å²) in [5.41, 5.74) is 1.22. The maximum atomic E-state index is 12.4. The van der Waals surface area contributed by atoms with Crippen LogP contribution in [0.2, 0.25) is 0 Å². The topological polar surface area (TPSA) is 104 Å². The van der Waals surface area contributed by atoms with Crippen molar-refractivity contribution in [1.82, 2.24) is 10.0 Å². The highest BCUT2D eigenvalue weighted by Gasteiger charge is 2.23. The van der Waals surface area contributed by atoms with Crippen LogP contribution in [0.25, 0.3) is 0 Å². The van der Waals surface area contributed by atoms with Gasteiger partial charge in [0.15, 0.2) is 0 Å². The minimum Gasteiger partial charge on any atom is -0.349 e. The molecule has 0 atom stereocenters. The van der Waals surface area contributed by atoms with Crippen molar-refractivity contribution < 1.29 is 18.0 Å². The maximum absolute atomic E-state index is 12.4. The Morgan fingerprint density at radius 3 is 2.39 bits per heavy atom. The quantitative estimate of drug-likeness (QED) is 0.619. The fourth-order valence-corrected chi connectivity index (χ4v) is 3.38. The van der Waals surface area contributed by atoms with Crippen molar-refractivity contribution in [3.63, 3.8) is 0 Å². The van der Waals surface area contributed by atoms with E-state index in [2.05, 4.69) is 21.3 Å². The second-order valence-corrected chi connectivity index (χ2v) is 8.10. The fourth-order valence-electron chi connectivity index (χ4n) is 2.44. The molecule has 0 aliphatic heterocycles. The molecule has 1 aliphatic carbocycles. The number of carbonyl (C=O) groups excluding carboxylic acids is 2. The summed E-state index contributed by atoms with van der Waals surface area (Å²) in [7, 11) is -3.71. The maximum Gasteiger partial charge on any atom is 0.255 e. The van der Waals surface area contributed by atoms with Crippen molar-refractivity contribution in [2.75, 3.05) is 11.9 Å². The van der Waals surface area contributed by atoms with Crippen molar-refractivity contribution in [2.24, 2.45) is 0 Å². The standard InChI is InChI=1S/C20H19N3O4S/c1-2-12-21-28(26,27)18-10-6-14(7-11-18)19(24)23-17-5-3-4-15(13-17)20(25)22-16-8-9-16/h1,3-7,10-11,13,16,21H,8-9,12H2,(H,22,25)(H,23,24). The first-order valence-electron chi connectivity index (χ1n) is 8.64. The van der Waals surface area contributed by atoms with Gasteiger partial charge >= 0.3 is 0 Å². The highest BCUT2D eigenvalue weighted by molar-refractivity contribution is 7.89. The third kappa shape index (κ3) is 4.97. The van der Waals surface area contributed by atoms with Crippen LogP contribution in [-0.4, -0.2) is 32.8 Å². The van der Waals surface area contributed by atoms with Gasteiger partial charge in [-0.3, -0.25) is 9.59 Å². The van der Waals surface area contributed by atoms with Gasteiger partial charge in [0.05, 0.1) is 11.4 Å². The molecule has 0 saturated heterocycles. The summed E-state index contributed by atoms with van der Waals surface area (Å²) in [4.78, 5) is 24.5. The van der Waals surface area contributed by atoms with E-state index in [9.17, 15) is 18.0 Å². The van der Waals surface area contributed by atoms with Gasteiger partial charge in [-0.05, 0) is 55.3 Å². The Morgan fingerprint density at radius 2 is 1.75 bits per heavy atom. The van der Waals surface area contributed by atoms with Gasteiger partial charge in [0, 0.05) is 22.9 Å². The van der Waals surface area contributed by atoms with E-state index in [0.717, 1.165) is 12.8 Å².